The Hall–Kier alpha value is -4.92. The SMILES string of the molecule is CO[C@H]1/C=C\C=C(/C)C(=O)NC2=CC(=O)C(NCCCCNC(=O)c3cccnc3)=C(C[C@@H](C)C[C@H](OC)[C@H](O)[C@@H](C)/C=C(\C)[C@@H]1OC(N)=O)C2=O. The summed E-state index contributed by atoms with van der Waals surface area (Å²) < 4.78 is 16.7. The molecule has 1 aliphatic carbocycles. The van der Waals surface area contributed by atoms with E-state index in [1.165, 1.54) is 26.5 Å². The van der Waals surface area contributed by atoms with Gasteiger partial charge < -0.3 is 41.0 Å². The Morgan fingerprint density at radius 1 is 1.10 bits per heavy atom. The normalized spacial score (nSPS) is 27.7. The molecule has 3 rings (SSSR count). The number of hydrogen-bond acceptors (Lipinski definition) is 11. The number of ketones is 2. The van der Waals surface area contributed by atoms with Crippen LogP contribution in [-0.4, -0.2) is 91.3 Å². The van der Waals surface area contributed by atoms with Gasteiger partial charge in [-0.2, -0.15) is 0 Å². The van der Waals surface area contributed by atoms with Gasteiger partial charge in [0.15, 0.2) is 6.10 Å². The zero-order valence-electron chi connectivity index (χ0n) is 30.6. The minimum absolute atomic E-state index is 0.142. The first-order valence-corrected chi connectivity index (χ1v) is 17.3. The van der Waals surface area contributed by atoms with Gasteiger partial charge in [0, 0.05) is 62.8 Å². The average molecular weight is 722 g/mol. The van der Waals surface area contributed by atoms with E-state index < -0.39 is 53.9 Å². The van der Waals surface area contributed by atoms with Crippen LogP contribution < -0.4 is 21.7 Å². The van der Waals surface area contributed by atoms with Crippen molar-refractivity contribution >= 4 is 29.5 Å². The molecular formula is C38H51N5O9. The first-order valence-electron chi connectivity index (χ1n) is 17.3. The molecule has 282 valence electrons. The molecule has 6 N–H and O–H groups in total. The molecule has 3 amide bonds. The van der Waals surface area contributed by atoms with Crippen molar-refractivity contribution in [2.75, 3.05) is 27.3 Å². The number of allylic oxidation sites excluding steroid dienone is 4. The molecule has 1 aliphatic heterocycles. The molecule has 2 heterocycles. The summed E-state index contributed by atoms with van der Waals surface area (Å²) in [6.45, 7) is 7.71. The molecule has 0 radical (unpaired) electrons. The number of primary amides is 1. The minimum Gasteiger partial charge on any atom is -0.439 e. The highest BCUT2D eigenvalue weighted by Gasteiger charge is 2.33. The van der Waals surface area contributed by atoms with E-state index in [-0.39, 0.29) is 40.8 Å². The number of nitrogens with two attached hydrogens (primary N) is 1. The Bertz CT molecular complexity index is 1620. The Balaban J connectivity index is 1.88. The molecule has 0 saturated carbocycles. The van der Waals surface area contributed by atoms with Gasteiger partial charge in [0.25, 0.3) is 11.8 Å². The summed E-state index contributed by atoms with van der Waals surface area (Å²) in [6, 6.07) is 3.36. The molecule has 1 aromatic rings. The van der Waals surface area contributed by atoms with Gasteiger partial charge in [-0.05, 0) is 63.2 Å². The molecule has 52 heavy (non-hydrogen) atoms. The number of rotatable bonds is 10. The van der Waals surface area contributed by atoms with Crippen molar-refractivity contribution in [3.8, 4) is 0 Å². The van der Waals surface area contributed by atoms with Crippen molar-refractivity contribution in [2.45, 2.75) is 77.8 Å². The summed E-state index contributed by atoms with van der Waals surface area (Å²) in [4.78, 5) is 68.6. The maximum Gasteiger partial charge on any atom is 0.405 e. The summed E-state index contributed by atoms with van der Waals surface area (Å²) in [6.07, 6.45) is 7.82. The number of pyridine rings is 1. The predicted molar refractivity (Wildman–Crippen MR) is 193 cm³/mol. The average Bonchev–Trinajstić information content (AvgIpc) is 3.11. The van der Waals surface area contributed by atoms with Gasteiger partial charge in [-0.3, -0.25) is 24.2 Å². The molecular weight excluding hydrogens is 670 g/mol. The monoisotopic (exact) mass is 721 g/mol. The highest BCUT2D eigenvalue weighted by molar-refractivity contribution is 6.23. The third-order valence-electron chi connectivity index (χ3n) is 8.91. The summed E-state index contributed by atoms with van der Waals surface area (Å²) in [5.41, 5.74) is 6.83. The number of nitrogens with one attached hydrogen (secondary N) is 3. The maximum atomic E-state index is 13.9. The van der Waals surface area contributed by atoms with Gasteiger partial charge in [-0.1, -0.05) is 38.2 Å². The van der Waals surface area contributed by atoms with E-state index >= 15 is 0 Å². The number of unbranched alkanes of at least 4 members (excludes halogenated alkanes) is 1. The molecule has 0 saturated heterocycles. The lowest BCUT2D eigenvalue weighted by molar-refractivity contribution is -0.120. The van der Waals surface area contributed by atoms with Crippen LogP contribution in [0.4, 0.5) is 4.79 Å². The van der Waals surface area contributed by atoms with Gasteiger partial charge in [0.05, 0.1) is 29.2 Å². The fourth-order valence-electron chi connectivity index (χ4n) is 6.04. The number of aromatic nitrogens is 1. The van der Waals surface area contributed by atoms with Gasteiger partial charge in [0.1, 0.15) is 6.10 Å². The molecule has 2 bridgehead atoms. The molecule has 14 nitrogen and oxygen atoms in total. The van der Waals surface area contributed by atoms with Crippen molar-refractivity contribution in [1.29, 1.82) is 0 Å². The first-order chi connectivity index (χ1) is 24.8. The van der Waals surface area contributed by atoms with Crippen molar-refractivity contribution in [1.82, 2.24) is 20.9 Å². The predicted octanol–water partition coefficient (Wildman–Crippen LogP) is 2.96. The van der Waals surface area contributed by atoms with Crippen LogP contribution in [0.25, 0.3) is 0 Å². The topological polar surface area (TPSA) is 208 Å². The van der Waals surface area contributed by atoms with Crippen molar-refractivity contribution in [3.63, 3.8) is 0 Å². The van der Waals surface area contributed by atoms with E-state index in [2.05, 4.69) is 20.9 Å². The first kappa shape index (κ1) is 41.5. The third kappa shape index (κ3) is 11.8. The Kier molecular flexibility index (Phi) is 16.1. The van der Waals surface area contributed by atoms with E-state index in [0.717, 1.165) is 6.08 Å². The van der Waals surface area contributed by atoms with Crippen LogP contribution in [0.1, 0.15) is 63.7 Å². The van der Waals surface area contributed by atoms with Gasteiger partial charge in [-0.25, -0.2) is 4.79 Å². The van der Waals surface area contributed by atoms with Crippen LogP contribution in [0.3, 0.4) is 0 Å². The molecule has 2 aliphatic rings. The molecule has 1 aromatic heterocycles. The number of methoxy groups -OCH3 is 2. The zero-order chi connectivity index (χ0) is 38.4. The zero-order valence-corrected chi connectivity index (χ0v) is 30.6. The van der Waals surface area contributed by atoms with Crippen LogP contribution in [0.15, 0.2) is 83.0 Å². The number of Topliss-reactive ketones (excluding diaryl/α,β-unsaturated/α-hetero) is 1. The second-order valence-corrected chi connectivity index (χ2v) is 13.1. The van der Waals surface area contributed by atoms with Crippen molar-refractivity contribution in [2.24, 2.45) is 17.6 Å². The summed E-state index contributed by atoms with van der Waals surface area (Å²) in [5.74, 6) is -2.52. The molecule has 0 spiro atoms. The van der Waals surface area contributed by atoms with E-state index in [9.17, 15) is 29.1 Å². The number of aliphatic hydroxyl groups excluding tert-OH is 1. The number of fused-ring (bicyclic) bond motifs is 2. The standard InChI is InChI=1S/C38H51N5O9/c1-22-17-27-32(41-15-7-8-16-42-37(48)26-12-10-14-40-21-26)29(44)20-28(34(27)46)43-36(47)23(2)11-9-13-30(50-5)35(52-38(39)49)25(4)19-24(3)33(45)31(18-22)51-6/h9-14,19-22,24,30-31,33,35,41,45H,7-8,15-18H2,1-6H3,(H2,39,49)(H,42,48)(H,43,47)/b13-9-,23-11+,25-19+/t22-,24+,30+,31+,33-,35+/m1/s1. The lowest BCUT2D eigenvalue weighted by Gasteiger charge is -2.30. The molecule has 0 aromatic carbocycles. The summed E-state index contributed by atoms with van der Waals surface area (Å²) >= 11 is 0. The number of hydrogen-bond donors (Lipinski definition) is 5. The largest absolute Gasteiger partial charge is 0.439 e. The fraction of sp³-hybridized carbons (Fsp3) is 0.474. The van der Waals surface area contributed by atoms with Crippen LogP contribution >= 0.6 is 0 Å². The van der Waals surface area contributed by atoms with E-state index in [4.69, 9.17) is 19.9 Å². The van der Waals surface area contributed by atoms with Gasteiger partial charge in [0.2, 0.25) is 11.6 Å². The lowest BCUT2D eigenvalue weighted by atomic mass is 9.85. The van der Waals surface area contributed by atoms with Crippen molar-refractivity contribution in [3.05, 3.63) is 88.6 Å². The molecule has 6 atom stereocenters. The molecule has 14 heteroatoms. The summed E-state index contributed by atoms with van der Waals surface area (Å²) in [5, 5.41) is 19.9. The number of ether oxygens (including phenoxy) is 3. The number of carbonyl (C=O) groups is 5. The number of aliphatic hydroxyl groups is 1. The quantitative estimate of drug-likeness (QED) is 0.135. The van der Waals surface area contributed by atoms with E-state index in [0.29, 0.717) is 43.5 Å². The molecule has 0 fully saturated rings. The van der Waals surface area contributed by atoms with Gasteiger partial charge in [-0.15, -0.1) is 0 Å². The lowest BCUT2D eigenvalue weighted by Crippen LogP contribution is -2.38. The molecule has 0 unspecified atom stereocenters. The smallest absolute Gasteiger partial charge is 0.405 e. The Morgan fingerprint density at radius 3 is 2.48 bits per heavy atom. The minimum atomic E-state index is -1.01. The maximum absolute atomic E-state index is 13.9. The Morgan fingerprint density at radius 2 is 1.83 bits per heavy atom. The van der Waals surface area contributed by atoms with Crippen LogP contribution in [-0.2, 0) is 28.6 Å². The summed E-state index contributed by atoms with van der Waals surface area (Å²) in [7, 11) is 2.91. The Labute approximate surface area is 304 Å². The van der Waals surface area contributed by atoms with Crippen molar-refractivity contribution < 1.29 is 43.3 Å². The van der Waals surface area contributed by atoms with Crippen LogP contribution in [0.2, 0.25) is 0 Å². The second kappa shape index (κ2) is 20.2. The third-order valence-corrected chi connectivity index (χ3v) is 8.91. The van der Waals surface area contributed by atoms with Crippen LogP contribution in [0, 0.1) is 11.8 Å². The van der Waals surface area contributed by atoms with E-state index in [1.807, 2.05) is 6.92 Å². The van der Waals surface area contributed by atoms with Gasteiger partial charge >= 0.3 is 6.09 Å². The highest BCUT2D eigenvalue weighted by Crippen LogP contribution is 2.29. The van der Waals surface area contributed by atoms with E-state index in [1.54, 1.807) is 57.3 Å². The second-order valence-electron chi connectivity index (χ2n) is 13.1. The van der Waals surface area contributed by atoms with Crippen LogP contribution in [0.5, 0.6) is 0 Å². The number of nitrogens with zero attached hydrogens (tertiary/aromatic N) is 1. The fourth-order valence-corrected chi connectivity index (χ4v) is 6.04. The number of amides is 3. The number of carbonyl (C=O) groups excluding carboxylic acids is 5. The highest BCUT2D eigenvalue weighted by atomic mass is 16.6.